The zero-order chi connectivity index (χ0) is 20.3. The minimum absolute atomic E-state index is 0.372. The summed E-state index contributed by atoms with van der Waals surface area (Å²) in [6.07, 6.45) is 2.60. The summed E-state index contributed by atoms with van der Waals surface area (Å²) < 4.78 is 0. The van der Waals surface area contributed by atoms with Gasteiger partial charge in [-0.3, -0.25) is 14.8 Å². The van der Waals surface area contributed by atoms with E-state index in [4.69, 9.17) is 4.99 Å². The molecule has 6 nitrogen and oxygen atoms in total. The number of hydrogen-bond acceptors (Lipinski definition) is 4. The minimum atomic E-state index is 0.372. The summed E-state index contributed by atoms with van der Waals surface area (Å²) in [6.45, 7) is 16.4. The van der Waals surface area contributed by atoms with E-state index >= 15 is 0 Å². The molecule has 0 bridgehead atoms. The molecule has 1 aromatic rings. The van der Waals surface area contributed by atoms with Crippen LogP contribution in [0, 0.1) is 0 Å². The van der Waals surface area contributed by atoms with Crippen molar-refractivity contribution in [2.24, 2.45) is 4.99 Å². The van der Waals surface area contributed by atoms with E-state index in [1.165, 1.54) is 64.2 Å². The summed E-state index contributed by atoms with van der Waals surface area (Å²) in [5.74, 6) is 0.944. The van der Waals surface area contributed by atoms with Crippen molar-refractivity contribution in [1.82, 2.24) is 25.3 Å². The van der Waals surface area contributed by atoms with Crippen molar-refractivity contribution in [3.05, 3.63) is 35.9 Å². The van der Waals surface area contributed by atoms with Gasteiger partial charge in [0.1, 0.15) is 0 Å². The Morgan fingerprint density at radius 3 is 2.28 bits per heavy atom. The number of nitrogens with zero attached hydrogens (tertiary/aromatic N) is 4. The van der Waals surface area contributed by atoms with Crippen LogP contribution >= 0.6 is 0 Å². The van der Waals surface area contributed by atoms with Crippen molar-refractivity contribution < 1.29 is 0 Å². The predicted molar refractivity (Wildman–Crippen MR) is 123 cm³/mol. The maximum Gasteiger partial charge on any atom is 0.191 e. The zero-order valence-corrected chi connectivity index (χ0v) is 18.4. The highest BCUT2D eigenvalue weighted by molar-refractivity contribution is 5.79. The SMILES string of the molecule is CCNC(=NCC(c1ccccc1)N1CCCC1)NCCN1CCN(CC)CC1. The van der Waals surface area contributed by atoms with Crippen molar-refractivity contribution in [3.8, 4) is 0 Å². The average Bonchev–Trinajstić information content (AvgIpc) is 3.30. The lowest BCUT2D eigenvalue weighted by Crippen LogP contribution is -2.49. The van der Waals surface area contributed by atoms with E-state index in [-0.39, 0.29) is 0 Å². The summed E-state index contributed by atoms with van der Waals surface area (Å²) in [4.78, 5) is 12.6. The fraction of sp³-hybridized carbons (Fsp3) is 0.696. The van der Waals surface area contributed by atoms with E-state index in [0.29, 0.717) is 6.04 Å². The van der Waals surface area contributed by atoms with Crippen molar-refractivity contribution in [3.63, 3.8) is 0 Å². The standard InChI is InChI=1S/C23H40N6/c1-3-24-23(25-12-15-28-18-16-27(4-2)17-19-28)26-20-22(29-13-8-9-14-29)21-10-6-5-7-11-21/h5-7,10-11,22H,3-4,8-9,12-20H2,1-2H3,(H2,24,25,26). The first-order valence-electron chi connectivity index (χ1n) is 11.6. The van der Waals surface area contributed by atoms with Gasteiger partial charge in [0.05, 0.1) is 12.6 Å². The van der Waals surface area contributed by atoms with Crippen LogP contribution in [0.5, 0.6) is 0 Å². The molecule has 162 valence electrons. The van der Waals surface area contributed by atoms with E-state index in [1.54, 1.807) is 0 Å². The molecule has 0 radical (unpaired) electrons. The molecule has 0 saturated carbocycles. The smallest absolute Gasteiger partial charge is 0.191 e. The van der Waals surface area contributed by atoms with Crippen LogP contribution in [0.2, 0.25) is 0 Å². The monoisotopic (exact) mass is 400 g/mol. The molecule has 3 rings (SSSR count). The third-order valence-electron chi connectivity index (χ3n) is 6.16. The van der Waals surface area contributed by atoms with Gasteiger partial charge in [-0.1, -0.05) is 37.3 Å². The second-order valence-electron chi connectivity index (χ2n) is 8.09. The summed E-state index contributed by atoms with van der Waals surface area (Å²) >= 11 is 0. The molecule has 1 aromatic carbocycles. The van der Waals surface area contributed by atoms with Crippen molar-refractivity contribution >= 4 is 5.96 Å². The van der Waals surface area contributed by atoms with Gasteiger partial charge in [-0.25, -0.2) is 0 Å². The molecule has 1 unspecified atom stereocenters. The molecule has 2 saturated heterocycles. The van der Waals surface area contributed by atoms with Gasteiger partial charge in [-0.15, -0.1) is 0 Å². The Morgan fingerprint density at radius 1 is 0.931 bits per heavy atom. The lowest BCUT2D eigenvalue weighted by atomic mass is 10.1. The van der Waals surface area contributed by atoms with Crippen molar-refractivity contribution in [2.45, 2.75) is 32.7 Å². The fourth-order valence-corrected chi connectivity index (χ4v) is 4.34. The third kappa shape index (κ3) is 6.98. The van der Waals surface area contributed by atoms with E-state index in [2.05, 4.69) is 69.5 Å². The summed E-state index contributed by atoms with van der Waals surface area (Å²) in [7, 11) is 0. The molecule has 2 aliphatic heterocycles. The maximum absolute atomic E-state index is 4.97. The highest BCUT2D eigenvalue weighted by Gasteiger charge is 2.23. The maximum atomic E-state index is 4.97. The van der Waals surface area contributed by atoms with Crippen LogP contribution in [0.4, 0.5) is 0 Å². The molecule has 2 aliphatic rings. The number of piperazine rings is 1. The van der Waals surface area contributed by atoms with Gasteiger partial charge in [0.15, 0.2) is 5.96 Å². The fourth-order valence-electron chi connectivity index (χ4n) is 4.34. The van der Waals surface area contributed by atoms with Gasteiger partial charge >= 0.3 is 0 Å². The zero-order valence-electron chi connectivity index (χ0n) is 18.4. The molecule has 1 atom stereocenters. The van der Waals surface area contributed by atoms with Gasteiger partial charge in [0.2, 0.25) is 0 Å². The van der Waals surface area contributed by atoms with Gasteiger partial charge in [0.25, 0.3) is 0 Å². The van der Waals surface area contributed by atoms with E-state index < -0.39 is 0 Å². The molecular weight excluding hydrogens is 360 g/mol. The summed E-state index contributed by atoms with van der Waals surface area (Å²) in [5, 5.41) is 6.98. The first-order valence-corrected chi connectivity index (χ1v) is 11.6. The van der Waals surface area contributed by atoms with Crippen LogP contribution in [0.1, 0.15) is 38.3 Å². The van der Waals surface area contributed by atoms with Crippen LogP contribution in [-0.4, -0.2) is 92.7 Å². The number of nitrogens with one attached hydrogen (secondary N) is 2. The Labute approximate surface area is 177 Å². The number of benzene rings is 1. The molecule has 0 amide bonds. The number of rotatable bonds is 9. The Hall–Kier alpha value is -1.63. The second kappa shape index (κ2) is 12.2. The van der Waals surface area contributed by atoms with Gasteiger partial charge in [-0.2, -0.15) is 0 Å². The molecule has 2 heterocycles. The van der Waals surface area contributed by atoms with Crippen LogP contribution in [0.3, 0.4) is 0 Å². The van der Waals surface area contributed by atoms with Gasteiger partial charge < -0.3 is 15.5 Å². The molecule has 0 spiro atoms. The molecule has 6 heteroatoms. The molecule has 0 aliphatic carbocycles. The highest BCUT2D eigenvalue weighted by Crippen LogP contribution is 2.25. The van der Waals surface area contributed by atoms with Crippen molar-refractivity contribution in [1.29, 1.82) is 0 Å². The number of guanidine groups is 1. The Bertz CT molecular complexity index is 591. The van der Waals surface area contributed by atoms with Crippen LogP contribution in [-0.2, 0) is 0 Å². The van der Waals surface area contributed by atoms with Gasteiger partial charge in [-0.05, 0) is 45.0 Å². The quantitative estimate of drug-likeness (QED) is 0.491. The molecule has 2 N–H and O–H groups in total. The predicted octanol–water partition coefficient (Wildman–Crippen LogP) is 2.02. The molecule has 2 fully saturated rings. The van der Waals surface area contributed by atoms with Crippen LogP contribution in [0.15, 0.2) is 35.3 Å². The first-order chi connectivity index (χ1) is 14.3. The summed E-state index contributed by atoms with van der Waals surface area (Å²) in [6, 6.07) is 11.2. The number of likely N-dealkylation sites (tertiary alicyclic amines) is 1. The summed E-state index contributed by atoms with van der Waals surface area (Å²) in [5.41, 5.74) is 1.38. The normalized spacial score (nSPS) is 20.7. The largest absolute Gasteiger partial charge is 0.357 e. The van der Waals surface area contributed by atoms with Gasteiger partial charge in [0, 0.05) is 45.8 Å². The average molecular weight is 401 g/mol. The molecular formula is C23H40N6. The number of likely N-dealkylation sites (N-methyl/N-ethyl adjacent to an activating group) is 1. The Balaban J connectivity index is 1.52. The minimum Gasteiger partial charge on any atom is -0.357 e. The lowest BCUT2D eigenvalue weighted by Gasteiger charge is -2.34. The lowest BCUT2D eigenvalue weighted by molar-refractivity contribution is 0.139. The number of aliphatic imine (C=N–C) groups is 1. The highest BCUT2D eigenvalue weighted by atomic mass is 15.3. The van der Waals surface area contributed by atoms with E-state index in [0.717, 1.165) is 32.1 Å². The first kappa shape index (κ1) is 22.1. The number of hydrogen-bond donors (Lipinski definition) is 2. The Morgan fingerprint density at radius 2 is 1.62 bits per heavy atom. The van der Waals surface area contributed by atoms with E-state index in [9.17, 15) is 0 Å². The van der Waals surface area contributed by atoms with Crippen molar-refractivity contribution in [2.75, 3.05) is 72.0 Å². The van der Waals surface area contributed by atoms with Crippen LogP contribution < -0.4 is 10.6 Å². The topological polar surface area (TPSA) is 46.1 Å². The van der Waals surface area contributed by atoms with E-state index in [1.807, 2.05) is 0 Å². The molecule has 0 aromatic heterocycles. The Kier molecular flexibility index (Phi) is 9.25. The van der Waals surface area contributed by atoms with Crippen LogP contribution in [0.25, 0.3) is 0 Å². The third-order valence-corrected chi connectivity index (χ3v) is 6.16. The second-order valence-corrected chi connectivity index (χ2v) is 8.09. The molecule has 29 heavy (non-hydrogen) atoms.